The minimum Gasteiger partial charge on any atom is -0.378 e. The molecule has 2 N–H and O–H groups in total. The number of rotatable bonds is 3. The third-order valence-electron chi connectivity index (χ3n) is 4.29. The fraction of sp³-hybridized carbons (Fsp3) is 1.00. The number of ether oxygens (including phenoxy) is 1. The summed E-state index contributed by atoms with van der Waals surface area (Å²) in [5, 5.41) is 0. The molecule has 0 spiro atoms. The van der Waals surface area contributed by atoms with Gasteiger partial charge in [0, 0.05) is 43.3 Å². The van der Waals surface area contributed by atoms with E-state index < -0.39 is 0 Å². The van der Waals surface area contributed by atoms with Crippen molar-refractivity contribution in [1.29, 1.82) is 0 Å². The lowest BCUT2D eigenvalue weighted by atomic mass is 9.81. The lowest BCUT2D eigenvalue weighted by Crippen LogP contribution is -2.61. The Morgan fingerprint density at radius 3 is 2.71 bits per heavy atom. The Labute approximate surface area is 109 Å². The molecule has 2 fully saturated rings. The highest BCUT2D eigenvalue weighted by atomic mass is 32.2. The topological polar surface area (TPSA) is 38.5 Å². The smallest absolute Gasteiger partial charge is 0.0616 e. The van der Waals surface area contributed by atoms with Crippen LogP contribution in [0.5, 0.6) is 0 Å². The monoisotopic (exact) mass is 258 g/mol. The van der Waals surface area contributed by atoms with Gasteiger partial charge in [0.25, 0.3) is 0 Å². The standard InChI is InChI=1S/C13H26N2OS/c1-11(2)12-9-13(10-14,3-6-16-12)15-4-7-17-8-5-15/h11-12H,3-10,14H2,1-2H3. The number of hydrogen-bond donors (Lipinski definition) is 1. The van der Waals surface area contributed by atoms with Crippen molar-refractivity contribution in [1.82, 2.24) is 4.90 Å². The summed E-state index contributed by atoms with van der Waals surface area (Å²) in [7, 11) is 0. The van der Waals surface area contributed by atoms with Crippen molar-refractivity contribution in [3.63, 3.8) is 0 Å². The molecule has 0 radical (unpaired) electrons. The molecule has 0 saturated carbocycles. The van der Waals surface area contributed by atoms with Crippen molar-refractivity contribution >= 4 is 11.8 Å². The molecule has 2 heterocycles. The second-order valence-electron chi connectivity index (χ2n) is 5.64. The predicted molar refractivity (Wildman–Crippen MR) is 74.5 cm³/mol. The van der Waals surface area contributed by atoms with E-state index in [4.69, 9.17) is 10.5 Å². The Bertz CT molecular complexity index is 244. The van der Waals surface area contributed by atoms with Crippen LogP contribution >= 0.6 is 11.8 Å². The molecule has 100 valence electrons. The molecule has 17 heavy (non-hydrogen) atoms. The lowest BCUT2D eigenvalue weighted by Gasteiger charge is -2.50. The minimum absolute atomic E-state index is 0.216. The second kappa shape index (κ2) is 5.91. The van der Waals surface area contributed by atoms with Crippen LogP contribution in [0.1, 0.15) is 26.7 Å². The van der Waals surface area contributed by atoms with Crippen LogP contribution in [0.3, 0.4) is 0 Å². The van der Waals surface area contributed by atoms with E-state index in [-0.39, 0.29) is 5.54 Å². The molecule has 0 amide bonds. The van der Waals surface area contributed by atoms with Crippen LogP contribution in [-0.2, 0) is 4.74 Å². The minimum atomic E-state index is 0.216. The highest BCUT2D eigenvalue weighted by Gasteiger charge is 2.41. The molecule has 0 aliphatic carbocycles. The summed E-state index contributed by atoms with van der Waals surface area (Å²) < 4.78 is 5.90. The predicted octanol–water partition coefficient (Wildman–Crippen LogP) is 1.57. The van der Waals surface area contributed by atoms with Gasteiger partial charge < -0.3 is 10.5 Å². The molecule has 0 bridgehead atoms. The summed E-state index contributed by atoms with van der Waals surface area (Å²) in [6, 6.07) is 0. The molecule has 0 aromatic heterocycles. The number of nitrogens with zero attached hydrogens (tertiary/aromatic N) is 1. The van der Waals surface area contributed by atoms with Gasteiger partial charge >= 0.3 is 0 Å². The molecule has 2 unspecified atom stereocenters. The first-order chi connectivity index (χ1) is 8.18. The summed E-state index contributed by atoms with van der Waals surface area (Å²) in [5.74, 6) is 3.12. The van der Waals surface area contributed by atoms with Crippen molar-refractivity contribution in [3.05, 3.63) is 0 Å². The zero-order valence-corrected chi connectivity index (χ0v) is 12.0. The van der Waals surface area contributed by atoms with E-state index in [2.05, 4.69) is 30.5 Å². The summed E-state index contributed by atoms with van der Waals surface area (Å²) in [4.78, 5) is 2.64. The van der Waals surface area contributed by atoms with Crippen molar-refractivity contribution in [3.8, 4) is 0 Å². The first kappa shape index (κ1) is 13.7. The van der Waals surface area contributed by atoms with E-state index in [0.717, 1.165) is 26.0 Å². The SMILES string of the molecule is CC(C)C1CC(CN)(N2CCSCC2)CCO1. The quantitative estimate of drug-likeness (QED) is 0.834. The van der Waals surface area contributed by atoms with E-state index in [9.17, 15) is 0 Å². The fourth-order valence-corrected chi connectivity index (χ4v) is 3.91. The molecular formula is C13H26N2OS. The third kappa shape index (κ3) is 2.98. The average molecular weight is 258 g/mol. The molecule has 2 aliphatic rings. The van der Waals surface area contributed by atoms with E-state index >= 15 is 0 Å². The van der Waals surface area contributed by atoms with Crippen molar-refractivity contribution in [2.45, 2.75) is 38.3 Å². The van der Waals surface area contributed by atoms with Crippen molar-refractivity contribution in [2.75, 3.05) is 37.7 Å². The van der Waals surface area contributed by atoms with E-state index in [1.54, 1.807) is 0 Å². The van der Waals surface area contributed by atoms with Gasteiger partial charge in [0.1, 0.15) is 0 Å². The lowest BCUT2D eigenvalue weighted by molar-refractivity contribution is -0.0854. The Morgan fingerprint density at radius 2 is 2.12 bits per heavy atom. The Kier molecular flexibility index (Phi) is 4.75. The van der Waals surface area contributed by atoms with E-state index in [0.29, 0.717) is 12.0 Å². The normalized spacial score (nSPS) is 36.4. The second-order valence-corrected chi connectivity index (χ2v) is 6.86. The zero-order chi connectivity index (χ0) is 12.3. The Hall–Kier alpha value is 0.230. The van der Waals surface area contributed by atoms with E-state index in [1.807, 2.05) is 0 Å². The van der Waals surface area contributed by atoms with Gasteiger partial charge in [-0.2, -0.15) is 11.8 Å². The molecule has 2 rings (SSSR count). The summed E-state index contributed by atoms with van der Waals surface area (Å²) in [6.45, 7) is 8.57. The molecule has 2 aliphatic heterocycles. The maximum atomic E-state index is 6.13. The molecule has 4 heteroatoms. The van der Waals surface area contributed by atoms with Crippen LogP contribution in [-0.4, -0.2) is 54.3 Å². The number of hydrogen-bond acceptors (Lipinski definition) is 4. The maximum absolute atomic E-state index is 6.13. The first-order valence-corrected chi connectivity index (χ1v) is 7.98. The molecule has 3 nitrogen and oxygen atoms in total. The number of nitrogens with two attached hydrogens (primary N) is 1. The van der Waals surface area contributed by atoms with Gasteiger partial charge in [0.05, 0.1) is 6.10 Å². The highest BCUT2D eigenvalue weighted by molar-refractivity contribution is 7.99. The third-order valence-corrected chi connectivity index (χ3v) is 5.23. The van der Waals surface area contributed by atoms with Crippen LogP contribution < -0.4 is 5.73 Å². The van der Waals surface area contributed by atoms with Crippen molar-refractivity contribution < 1.29 is 4.74 Å². The van der Waals surface area contributed by atoms with Gasteiger partial charge in [-0.05, 0) is 18.8 Å². The highest BCUT2D eigenvalue weighted by Crippen LogP contribution is 2.34. The van der Waals surface area contributed by atoms with Crippen LogP contribution in [0.4, 0.5) is 0 Å². The van der Waals surface area contributed by atoms with Crippen LogP contribution in [0.25, 0.3) is 0 Å². The largest absolute Gasteiger partial charge is 0.378 e. The van der Waals surface area contributed by atoms with Gasteiger partial charge in [-0.1, -0.05) is 13.8 Å². The van der Waals surface area contributed by atoms with Gasteiger partial charge in [-0.25, -0.2) is 0 Å². The number of thioether (sulfide) groups is 1. The van der Waals surface area contributed by atoms with Gasteiger partial charge in [0.15, 0.2) is 0 Å². The summed E-state index contributed by atoms with van der Waals surface area (Å²) >= 11 is 2.07. The van der Waals surface area contributed by atoms with Crippen molar-refractivity contribution in [2.24, 2.45) is 11.7 Å². The van der Waals surface area contributed by atoms with E-state index in [1.165, 1.54) is 24.6 Å². The fourth-order valence-electron chi connectivity index (χ4n) is 3.00. The maximum Gasteiger partial charge on any atom is 0.0616 e. The molecular weight excluding hydrogens is 232 g/mol. The molecule has 2 atom stereocenters. The Balaban J connectivity index is 2.06. The Morgan fingerprint density at radius 1 is 1.41 bits per heavy atom. The zero-order valence-electron chi connectivity index (χ0n) is 11.2. The molecule has 2 saturated heterocycles. The van der Waals surface area contributed by atoms with Crippen LogP contribution in [0.15, 0.2) is 0 Å². The summed E-state index contributed by atoms with van der Waals surface area (Å²) in [5.41, 5.74) is 6.34. The van der Waals surface area contributed by atoms with Gasteiger partial charge in [-0.3, -0.25) is 4.90 Å². The van der Waals surface area contributed by atoms with Gasteiger partial charge in [0.2, 0.25) is 0 Å². The average Bonchev–Trinajstić information content (AvgIpc) is 2.39. The van der Waals surface area contributed by atoms with Gasteiger partial charge in [-0.15, -0.1) is 0 Å². The van der Waals surface area contributed by atoms with Crippen LogP contribution in [0.2, 0.25) is 0 Å². The molecule has 0 aromatic rings. The van der Waals surface area contributed by atoms with Crippen LogP contribution in [0, 0.1) is 5.92 Å². The molecule has 0 aromatic carbocycles. The first-order valence-electron chi connectivity index (χ1n) is 6.82. The summed E-state index contributed by atoms with van der Waals surface area (Å²) in [6.07, 6.45) is 2.62.